The molecule has 0 radical (unpaired) electrons. The Balaban J connectivity index is 1.92. The van der Waals surface area contributed by atoms with Crippen LogP contribution in [0, 0.1) is 6.92 Å². The van der Waals surface area contributed by atoms with Crippen molar-refractivity contribution in [3.8, 4) is 0 Å². The average molecular weight is 263 g/mol. The molecule has 0 aliphatic carbocycles. The molecule has 0 atom stereocenters. The van der Waals surface area contributed by atoms with Crippen molar-refractivity contribution in [2.24, 2.45) is 0 Å². The fourth-order valence-corrected chi connectivity index (χ4v) is 2.38. The second kappa shape index (κ2) is 6.56. The number of hydrogen-bond acceptors (Lipinski definition) is 5. The number of hydrogen-bond donors (Lipinski definition) is 1. The summed E-state index contributed by atoms with van der Waals surface area (Å²) in [7, 11) is 0. The van der Waals surface area contributed by atoms with Crippen LogP contribution in [0.1, 0.15) is 24.2 Å². The SMILES string of the molecule is CCNCc1cccc(SCc2noc(C)n2)c1. The van der Waals surface area contributed by atoms with Gasteiger partial charge in [-0.1, -0.05) is 24.2 Å². The molecule has 1 heterocycles. The molecule has 2 rings (SSSR count). The molecule has 0 unspecified atom stereocenters. The number of rotatable bonds is 6. The summed E-state index contributed by atoms with van der Waals surface area (Å²) in [4.78, 5) is 5.42. The smallest absolute Gasteiger partial charge is 0.223 e. The summed E-state index contributed by atoms with van der Waals surface area (Å²) in [5, 5.41) is 7.20. The Morgan fingerprint density at radius 1 is 1.39 bits per heavy atom. The van der Waals surface area contributed by atoms with E-state index in [1.54, 1.807) is 18.7 Å². The number of nitrogens with zero attached hydrogens (tertiary/aromatic N) is 2. The largest absolute Gasteiger partial charge is 0.340 e. The van der Waals surface area contributed by atoms with E-state index in [1.165, 1.54) is 10.5 Å². The highest BCUT2D eigenvalue weighted by Gasteiger charge is 2.03. The fourth-order valence-electron chi connectivity index (χ4n) is 1.56. The van der Waals surface area contributed by atoms with Crippen LogP contribution in [0.25, 0.3) is 0 Å². The van der Waals surface area contributed by atoms with Gasteiger partial charge in [0.1, 0.15) is 0 Å². The molecule has 0 spiro atoms. The highest BCUT2D eigenvalue weighted by Crippen LogP contribution is 2.22. The lowest BCUT2D eigenvalue weighted by atomic mass is 10.2. The van der Waals surface area contributed by atoms with Crippen LogP contribution in [0.5, 0.6) is 0 Å². The van der Waals surface area contributed by atoms with E-state index in [4.69, 9.17) is 4.52 Å². The molecular weight excluding hydrogens is 246 g/mol. The van der Waals surface area contributed by atoms with Gasteiger partial charge >= 0.3 is 0 Å². The van der Waals surface area contributed by atoms with Crippen LogP contribution in [0.2, 0.25) is 0 Å². The Morgan fingerprint density at radius 3 is 3.00 bits per heavy atom. The van der Waals surface area contributed by atoms with Gasteiger partial charge in [0, 0.05) is 18.4 Å². The van der Waals surface area contributed by atoms with Crippen molar-refractivity contribution in [1.82, 2.24) is 15.5 Å². The number of thioether (sulfide) groups is 1. The fraction of sp³-hybridized carbons (Fsp3) is 0.385. The zero-order valence-electron chi connectivity index (χ0n) is 10.6. The summed E-state index contributed by atoms with van der Waals surface area (Å²) in [5.41, 5.74) is 1.30. The van der Waals surface area contributed by atoms with Crippen LogP contribution in [-0.2, 0) is 12.3 Å². The standard InChI is InChI=1S/C13H17N3OS/c1-3-14-8-11-5-4-6-12(7-11)18-9-13-15-10(2)17-16-13/h4-7,14H,3,8-9H2,1-2H3. The zero-order chi connectivity index (χ0) is 12.8. The molecule has 0 saturated heterocycles. The first-order valence-electron chi connectivity index (χ1n) is 5.99. The van der Waals surface area contributed by atoms with Crippen molar-refractivity contribution in [2.45, 2.75) is 31.0 Å². The second-order valence-corrected chi connectivity index (χ2v) is 4.99. The highest BCUT2D eigenvalue weighted by atomic mass is 32.2. The van der Waals surface area contributed by atoms with E-state index in [0.717, 1.165) is 24.7 Å². The topological polar surface area (TPSA) is 51.0 Å². The number of nitrogens with one attached hydrogen (secondary N) is 1. The summed E-state index contributed by atoms with van der Waals surface area (Å²) in [6, 6.07) is 8.51. The highest BCUT2D eigenvalue weighted by molar-refractivity contribution is 7.98. The minimum Gasteiger partial charge on any atom is -0.340 e. The van der Waals surface area contributed by atoms with Gasteiger partial charge in [0.2, 0.25) is 5.89 Å². The van der Waals surface area contributed by atoms with Gasteiger partial charge in [-0.15, -0.1) is 11.8 Å². The maximum absolute atomic E-state index is 4.95. The predicted octanol–water partition coefficient (Wildman–Crippen LogP) is 2.78. The van der Waals surface area contributed by atoms with Gasteiger partial charge in [-0.2, -0.15) is 4.98 Å². The maximum atomic E-state index is 4.95. The lowest BCUT2D eigenvalue weighted by Crippen LogP contribution is -2.11. The average Bonchev–Trinajstić information content (AvgIpc) is 2.80. The van der Waals surface area contributed by atoms with Crippen molar-refractivity contribution in [1.29, 1.82) is 0 Å². The first-order chi connectivity index (χ1) is 8.78. The van der Waals surface area contributed by atoms with E-state index >= 15 is 0 Å². The Hall–Kier alpha value is -1.33. The monoisotopic (exact) mass is 263 g/mol. The minimum atomic E-state index is 0.617. The minimum absolute atomic E-state index is 0.617. The van der Waals surface area contributed by atoms with E-state index in [9.17, 15) is 0 Å². The molecule has 2 aromatic rings. The van der Waals surface area contributed by atoms with E-state index in [0.29, 0.717) is 5.89 Å². The molecule has 0 bridgehead atoms. The summed E-state index contributed by atoms with van der Waals surface area (Å²) in [6.45, 7) is 5.81. The molecule has 0 fully saturated rings. The van der Waals surface area contributed by atoms with Gasteiger partial charge in [-0.05, 0) is 24.2 Å². The molecule has 1 N–H and O–H groups in total. The third-order valence-electron chi connectivity index (χ3n) is 2.42. The summed E-state index contributed by atoms with van der Waals surface area (Å²) in [6.07, 6.45) is 0. The molecule has 5 heteroatoms. The Kier molecular flexibility index (Phi) is 4.78. The molecule has 0 saturated carbocycles. The Bertz CT molecular complexity index is 498. The molecule has 0 aliphatic rings. The lowest BCUT2D eigenvalue weighted by molar-refractivity contribution is 0.389. The third kappa shape index (κ3) is 3.85. The first-order valence-corrected chi connectivity index (χ1v) is 6.98. The van der Waals surface area contributed by atoms with Gasteiger partial charge in [0.25, 0.3) is 0 Å². The maximum Gasteiger partial charge on any atom is 0.223 e. The van der Waals surface area contributed by atoms with E-state index < -0.39 is 0 Å². The zero-order valence-corrected chi connectivity index (χ0v) is 11.5. The molecular formula is C13H17N3OS. The van der Waals surface area contributed by atoms with Gasteiger partial charge in [-0.25, -0.2) is 0 Å². The van der Waals surface area contributed by atoms with Crippen LogP contribution in [0.3, 0.4) is 0 Å². The normalized spacial score (nSPS) is 10.8. The quantitative estimate of drug-likeness (QED) is 0.812. The van der Waals surface area contributed by atoms with Crippen molar-refractivity contribution >= 4 is 11.8 Å². The number of benzene rings is 1. The molecule has 1 aromatic carbocycles. The Morgan fingerprint density at radius 2 is 2.28 bits per heavy atom. The Labute approximate surface area is 111 Å². The molecule has 0 amide bonds. The van der Waals surface area contributed by atoms with Gasteiger partial charge in [0.05, 0.1) is 5.75 Å². The molecule has 1 aromatic heterocycles. The summed E-state index contributed by atoms with van der Waals surface area (Å²) < 4.78 is 4.95. The van der Waals surface area contributed by atoms with Gasteiger partial charge in [0.15, 0.2) is 5.82 Å². The third-order valence-corrected chi connectivity index (χ3v) is 3.40. The number of aromatic nitrogens is 2. The van der Waals surface area contributed by atoms with Crippen LogP contribution in [0.4, 0.5) is 0 Å². The van der Waals surface area contributed by atoms with E-state index in [1.807, 2.05) is 0 Å². The van der Waals surface area contributed by atoms with Crippen LogP contribution < -0.4 is 5.32 Å². The predicted molar refractivity (Wildman–Crippen MR) is 72.4 cm³/mol. The van der Waals surface area contributed by atoms with Crippen molar-refractivity contribution < 1.29 is 4.52 Å². The van der Waals surface area contributed by atoms with Crippen molar-refractivity contribution in [3.63, 3.8) is 0 Å². The van der Waals surface area contributed by atoms with Crippen molar-refractivity contribution in [3.05, 3.63) is 41.5 Å². The summed E-state index contributed by atoms with van der Waals surface area (Å²) >= 11 is 1.72. The molecule has 96 valence electrons. The molecule has 4 nitrogen and oxygen atoms in total. The van der Waals surface area contributed by atoms with Crippen LogP contribution in [0.15, 0.2) is 33.7 Å². The summed E-state index contributed by atoms with van der Waals surface area (Å²) in [5.74, 6) is 2.10. The van der Waals surface area contributed by atoms with E-state index in [2.05, 4.69) is 46.6 Å². The molecule has 0 aliphatic heterocycles. The van der Waals surface area contributed by atoms with Gasteiger partial charge < -0.3 is 9.84 Å². The van der Waals surface area contributed by atoms with Crippen molar-refractivity contribution in [2.75, 3.05) is 6.54 Å². The second-order valence-electron chi connectivity index (χ2n) is 3.95. The van der Waals surface area contributed by atoms with E-state index in [-0.39, 0.29) is 0 Å². The van der Waals surface area contributed by atoms with Gasteiger partial charge in [-0.3, -0.25) is 0 Å². The van der Waals surface area contributed by atoms with Crippen LogP contribution in [-0.4, -0.2) is 16.7 Å². The van der Waals surface area contributed by atoms with Crippen LogP contribution >= 0.6 is 11.8 Å². The molecule has 18 heavy (non-hydrogen) atoms. The number of aryl methyl sites for hydroxylation is 1. The lowest BCUT2D eigenvalue weighted by Gasteiger charge is -2.04. The first kappa shape index (κ1) is 13.1.